The summed E-state index contributed by atoms with van der Waals surface area (Å²) in [5.74, 6) is 0. The van der Waals surface area contributed by atoms with Crippen molar-refractivity contribution < 1.29 is 0 Å². The molecular weight excluding hydrogens is 136 g/mol. The summed E-state index contributed by atoms with van der Waals surface area (Å²) >= 11 is 0. The summed E-state index contributed by atoms with van der Waals surface area (Å²) in [7, 11) is 0. The van der Waals surface area contributed by atoms with Gasteiger partial charge in [-0.3, -0.25) is 4.98 Å². The van der Waals surface area contributed by atoms with Crippen LogP contribution in [0, 0.1) is 0 Å². The maximum absolute atomic E-state index is 5.86. The number of nitrogens with two attached hydrogens (primary N) is 1. The van der Waals surface area contributed by atoms with Crippen LogP contribution in [0.2, 0.25) is 0 Å². The summed E-state index contributed by atoms with van der Waals surface area (Å²) in [5.41, 5.74) is 9.10. The summed E-state index contributed by atoms with van der Waals surface area (Å²) in [4.78, 5) is 4.11. The predicted octanol–water partition coefficient (Wildman–Crippen LogP) is 1.79. The van der Waals surface area contributed by atoms with E-state index >= 15 is 0 Å². The van der Waals surface area contributed by atoms with Crippen LogP contribution >= 0.6 is 0 Å². The van der Waals surface area contributed by atoms with Gasteiger partial charge in [0.25, 0.3) is 0 Å². The van der Waals surface area contributed by atoms with E-state index in [1.807, 2.05) is 12.4 Å². The third-order valence-corrected chi connectivity index (χ3v) is 1.91. The molecule has 0 atom stereocenters. The van der Waals surface area contributed by atoms with Crippen LogP contribution in [0.1, 0.15) is 25.0 Å². The Morgan fingerprint density at radius 1 is 1.18 bits per heavy atom. The third kappa shape index (κ3) is 1.50. The molecule has 1 aromatic rings. The van der Waals surface area contributed by atoms with Gasteiger partial charge in [-0.25, -0.2) is 0 Å². The first kappa shape index (κ1) is 8.05. The number of rotatable bonds is 2. The molecule has 2 nitrogen and oxygen atoms in total. The van der Waals surface area contributed by atoms with Crippen LogP contribution in [0.4, 0.5) is 5.69 Å². The zero-order valence-corrected chi connectivity index (χ0v) is 7.09. The van der Waals surface area contributed by atoms with Gasteiger partial charge >= 0.3 is 0 Å². The summed E-state index contributed by atoms with van der Waals surface area (Å²) in [6.45, 7) is 4.18. The molecule has 1 rings (SSSR count). The molecule has 0 radical (unpaired) electrons. The van der Waals surface area contributed by atoms with Crippen molar-refractivity contribution in [2.45, 2.75) is 26.7 Å². The number of aryl methyl sites for hydroxylation is 2. The monoisotopic (exact) mass is 150 g/mol. The lowest BCUT2D eigenvalue weighted by Gasteiger charge is -2.05. The maximum Gasteiger partial charge on any atom is 0.0409 e. The first-order valence-electron chi connectivity index (χ1n) is 4.00. The van der Waals surface area contributed by atoms with Crippen LogP contribution in [0.15, 0.2) is 12.4 Å². The van der Waals surface area contributed by atoms with E-state index in [0.29, 0.717) is 0 Å². The van der Waals surface area contributed by atoms with E-state index in [1.165, 1.54) is 0 Å². The second-order valence-corrected chi connectivity index (χ2v) is 2.58. The molecule has 0 spiro atoms. The van der Waals surface area contributed by atoms with Gasteiger partial charge in [-0.1, -0.05) is 13.8 Å². The van der Waals surface area contributed by atoms with E-state index in [1.54, 1.807) is 0 Å². The summed E-state index contributed by atoms with van der Waals surface area (Å²) in [6.07, 6.45) is 5.61. The lowest BCUT2D eigenvalue weighted by molar-refractivity contribution is 1.05. The second-order valence-electron chi connectivity index (χ2n) is 2.58. The number of hydrogen-bond donors (Lipinski definition) is 1. The normalized spacial score (nSPS) is 10.0. The van der Waals surface area contributed by atoms with Crippen LogP contribution in [-0.4, -0.2) is 4.98 Å². The number of aromatic nitrogens is 1. The minimum atomic E-state index is 0.921. The van der Waals surface area contributed by atoms with Crippen molar-refractivity contribution in [1.82, 2.24) is 4.98 Å². The van der Waals surface area contributed by atoms with Crippen LogP contribution in [0.5, 0.6) is 0 Å². The van der Waals surface area contributed by atoms with E-state index < -0.39 is 0 Å². The fourth-order valence-corrected chi connectivity index (χ4v) is 1.13. The van der Waals surface area contributed by atoms with Gasteiger partial charge in [0.05, 0.1) is 0 Å². The van der Waals surface area contributed by atoms with Crippen molar-refractivity contribution >= 4 is 5.69 Å². The highest BCUT2D eigenvalue weighted by molar-refractivity contribution is 5.51. The minimum Gasteiger partial charge on any atom is -0.398 e. The van der Waals surface area contributed by atoms with Gasteiger partial charge in [0, 0.05) is 18.1 Å². The Balaban J connectivity index is 3.10. The lowest BCUT2D eigenvalue weighted by atomic mass is 10.1. The van der Waals surface area contributed by atoms with Crippen LogP contribution in [-0.2, 0) is 12.8 Å². The highest BCUT2D eigenvalue weighted by Gasteiger charge is 2.00. The van der Waals surface area contributed by atoms with Crippen molar-refractivity contribution in [3.05, 3.63) is 23.5 Å². The van der Waals surface area contributed by atoms with Gasteiger partial charge < -0.3 is 5.73 Å². The number of pyridine rings is 1. The molecule has 0 saturated heterocycles. The standard InChI is InChI=1S/C9H14N2/c1-3-7-5-11-6-8(4-2)9(7)10/h5-6H,3-4H2,1-2H3,(H2,10,11). The molecule has 2 heteroatoms. The van der Waals surface area contributed by atoms with E-state index in [9.17, 15) is 0 Å². The Morgan fingerprint density at radius 3 is 2.00 bits per heavy atom. The molecule has 0 saturated carbocycles. The number of nitrogens with zero attached hydrogens (tertiary/aromatic N) is 1. The molecule has 0 aliphatic heterocycles. The quantitative estimate of drug-likeness (QED) is 0.698. The summed E-state index contributed by atoms with van der Waals surface area (Å²) in [6, 6.07) is 0. The Morgan fingerprint density at radius 2 is 1.64 bits per heavy atom. The first-order chi connectivity index (χ1) is 5.29. The fourth-order valence-electron chi connectivity index (χ4n) is 1.13. The van der Waals surface area contributed by atoms with Crippen molar-refractivity contribution in [3.8, 4) is 0 Å². The van der Waals surface area contributed by atoms with Crippen molar-refractivity contribution in [2.24, 2.45) is 0 Å². The molecule has 1 heterocycles. The van der Waals surface area contributed by atoms with Crippen molar-refractivity contribution in [2.75, 3.05) is 5.73 Å². The fraction of sp³-hybridized carbons (Fsp3) is 0.444. The van der Waals surface area contributed by atoms with Gasteiger partial charge in [0.2, 0.25) is 0 Å². The van der Waals surface area contributed by atoms with E-state index in [0.717, 1.165) is 29.7 Å². The van der Waals surface area contributed by atoms with Crippen LogP contribution in [0.25, 0.3) is 0 Å². The van der Waals surface area contributed by atoms with Gasteiger partial charge in [0.15, 0.2) is 0 Å². The molecule has 1 aromatic heterocycles. The Bertz CT molecular complexity index is 221. The molecule has 0 bridgehead atoms. The van der Waals surface area contributed by atoms with E-state index in [-0.39, 0.29) is 0 Å². The van der Waals surface area contributed by atoms with Crippen molar-refractivity contribution in [1.29, 1.82) is 0 Å². The van der Waals surface area contributed by atoms with Gasteiger partial charge in [0.1, 0.15) is 0 Å². The van der Waals surface area contributed by atoms with E-state index in [4.69, 9.17) is 5.73 Å². The summed E-state index contributed by atoms with van der Waals surface area (Å²) < 4.78 is 0. The SMILES string of the molecule is CCc1cncc(CC)c1N. The largest absolute Gasteiger partial charge is 0.398 e. The molecular formula is C9H14N2. The minimum absolute atomic E-state index is 0.921. The molecule has 60 valence electrons. The van der Waals surface area contributed by atoms with Crippen LogP contribution in [0.3, 0.4) is 0 Å². The predicted molar refractivity (Wildman–Crippen MR) is 47.4 cm³/mol. The second kappa shape index (κ2) is 3.37. The molecule has 0 amide bonds. The summed E-state index contributed by atoms with van der Waals surface area (Å²) in [5, 5.41) is 0. The molecule has 11 heavy (non-hydrogen) atoms. The molecule has 0 aliphatic rings. The Kier molecular flexibility index (Phi) is 2.47. The van der Waals surface area contributed by atoms with Gasteiger partial charge in [-0.15, -0.1) is 0 Å². The number of anilines is 1. The molecule has 2 N–H and O–H groups in total. The Labute approximate surface area is 67.5 Å². The molecule has 0 fully saturated rings. The van der Waals surface area contributed by atoms with Crippen molar-refractivity contribution in [3.63, 3.8) is 0 Å². The van der Waals surface area contributed by atoms with Gasteiger partial charge in [-0.05, 0) is 24.0 Å². The van der Waals surface area contributed by atoms with E-state index in [2.05, 4.69) is 18.8 Å². The average Bonchev–Trinajstić information content (AvgIpc) is 2.05. The third-order valence-electron chi connectivity index (χ3n) is 1.91. The zero-order valence-electron chi connectivity index (χ0n) is 7.09. The molecule has 0 aromatic carbocycles. The number of nitrogen functional groups attached to an aromatic ring is 1. The molecule has 0 unspecified atom stereocenters. The smallest absolute Gasteiger partial charge is 0.0409 e. The lowest BCUT2D eigenvalue weighted by Crippen LogP contribution is -1.99. The highest BCUT2D eigenvalue weighted by Crippen LogP contribution is 2.16. The average molecular weight is 150 g/mol. The van der Waals surface area contributed by atoms with Gasteiger partial charge in [-0.2, -0.15) is 0 Å². The molecule has 0 aliphatic carbocycles. The highest BCUT2D eigenvalue weighted by atomic mass is 14.7. The first-order valence-corrected chi connectivity index (χ1v) is 4.00. The number of hydrogen-bond acceptors (Lipinski definition) is 2. The van der Waals surface area contributed by atoms with Crippen LogP contribution < -0.4 is 5.73 Å². The maximum atomic E-state index is 5.86. The zero-order chi connectivity index (χ0) is 8.27. The Hall–Kier alpha value is -1.05. The topological polar surface area (TPSA) is 38.9 Å².